The number of rotatable bonds is 1. The number of para-hydroxylation sites is 1. The Bertz CT molecular complexity index is 771. The third kappa shape index (κ3) is 1.66. The summed E-state index contributed by atoms with van der Waals surface area (Å²) >= 11 is 1.59. The first-order valence-electron chi connectivity index (χ1n) is 7.17. The number of allylic oxidation sites excluding steroid dienone is 1. The molecule has 1 N–H and O–H groups in total. The molecule has 1 amide bonds. The number of benzene rings is 1. The number of hydrogen-bond acceptors (Lipinski definition) is 4. The maximum atomic E-state index is 12.2. The summed E-state index contributed by atoms with van der Waals surface area (Å²) in [4.78, 5) is 19.0. The van der Waals surface area contributed by atoms with Gasteiger partial charge in [0, 0.05) is 25.2 Å². The summed E-state index contributed by atoms with van der Waals surface area (Å²) in [6.07, 6.45) is 1.57. The van der Waals surface area contributed by atoms with Crippen LogP contribution in [0.5, 0.6) is 0 Å². The Hall–Kier alpha value is -1.88. The maximum absolute atomic E-state index is 12.2. The van der Waals surface area contributed by atoms with Crippen LogP contribution in [-0.2, 0) is 4.79 Å². The molecule has 2 aromatic rings. The van der Waals surface area contributed by atoms with Crippen molar-refractivity contribution < 1.29 is 6.17 Å². The van der Waals surface area contributed by atoms with Crippen LogP contribution in [0.1, 0.15) is 14.2 Å². The number of fused-ring (bicyclic) bond motifs is 1. The van der Waals surface area contributed by atoms with Gasteiger partial charge in [-0.3, -0.25) is 4.79 Å². The fourth-order valence-corrected chi connectivity index (χ4v) is 4.10. The van der Waals surface area contributed by atoms with Crippen molar-refractivity contribution in [3.8, 4) is 0 Å². The number of carbonyl (C=O) groups is 1. The Morgan fingerprint density at radius 2 is 2.45 bits per heavy atom. The molecule has 0 aliphatic carbocycles. The average molecular weight is 287 g/mol. The van der Waals surface area contributed by atoms with Crippen molar-refractivity contribution in [3.63, 3.8) is 0 Å². The Morgan fingerprint density at radius 1 is 1.55 bits per heavy atom. The SMILES string of the molecule is [3H]c1ccc2nc(N3CCC4(CC(=C)NC4=O)C3)sc2c1. The van der Waals surface area contributed by atoms with E-state index in [-0.39, 0.29) is 11.3 Å². The number of nitrogens with zero attached hydrogens (tertiary/aromatic N) is 2. The molecule has 1 aromatic heterocycles. The monoisotopic (exact) mass is 287 g/mol. The normalized spacial score (nSPS) is 26.6. The van der Waals surface area contributed by atoms with Crippen molar-refractivity contribution in [3.05, 3.63) is 36.5 Å². The van der Waals surface area contributed by atoms with Crippen molar-refractivity contribution >= 4 is 32.6 Å². The van der Waals surface area contributed by atoms with Gasteiger partial charge in [-0.1, -0.05) is 30.0 Å². The highest BCUT2D eigenvalue weighted by molar-refractivity contribution is 7.22. The standard InChI is InChI=1S/C15H15N3OS/c1-10-8-15(13(19)16-10)6-7-18(9-15)14-17-11-4-2-3-5-12(11)20-14/h2-5H,1,6-9H2,(H,16,19)/i3T. The highest BCUT2D eigenvalue weighted by atomic mass is 32.1. The van der Waals surface area contributed by atoms with Crippen LogP contribution in [0.15, 0.2) is 36.5 Å². The quantitative estimate of drug-likeness (QED) is 0.876. The van der Waals surface area contributed by atoms with Gasteiger partial charge in [-0.15, -0.1) is 0 Å². The largest absolute Gasteiger partial charge is 0.347 e. The molecular formula is C15H15N3OS. The first-order valence-corrected chi connectivity index (χ1v) is 7.49. The molecule has 0 saturated carbocycles. The van der Waals surface area contributed by atoms with Gasteiger partial charge in [-0.25, -0.2) is 4.98 Å². The number of aromatic nitrogens is 1. The smallest absolute Gasteiger partial charge is 0.232 e. The van der Waals surface area contributed by atoms with Gasteiger partial charge in [0.05, 0.1) is 17.0 Å². The lowest BCUT2D eigenvalue weighted by Crippen LogP contribution is -2.34. The Balaban J connectivity index is 1.65. The van der Waals surface area contributed by atoms with Crippen LogP contribution >= 0.6 is 11.3 Å². The van der Waals surface area contributed by atoms with Crippen molar-refractivity contribution in [2.24, 2.45) is 5.41 Å². The lowest BCUT2D eigenvalue weighted by atomic mass is 9.85. The molecule has 1 aromatic carbocycles. The fourth-order valence-electron chi connectivity index (χ4n) is 3.13. The zero-order valence-corrected chi connectivity index (χ0v) is 11.8. The summed E-state index contributed by atoms with van der Waals surface area (Å²) in [5, 5.41) is 3.80. The minimum Gasteiger partial charge on any atom is -0.347 e. The number of thiazole rings is 1. The molecule has 5 heteroatoms. The summed E-state index contributed by atoms with van der Waals surface area (Å²) in [7, 11) is 0. The van der Waals surface area contributed by atoms with Crippen molar-refractivity contribution in [2.45, 2.75) is 12.8 Å². The van der Waals surface area contributed by atoms with E-state index in [9.17, 15) is 4.79 Å². The van der Waals surface area contributed by atoms with E-state index in [1.165, 1.54) is 0 Å². The van der Waals surface area contributed by atoms with Gasteiger partial charge in [0.2, 0.25) is 5.91 Å². The van der Waals surface area contributed by atoms with Crippen LogP contribution < -0.4 is 10.2 Å². The average Bonchev–Trinajstić information content (AvgIpc) is 3.08. The molecule has 2 fully saturated rings. The van der Waals surface area contributed by atoms with E-state index in [4.69, 9.17) is 1.37 Å². The minimum atomic E-state index is -0.324. The third-order valence-electron chi connectivity index (χ3n) is 4.17. The Morgan fingerprint density at radius 3 is 3.25 bits per heavy atom. The summed E-state index contributed by atoms with van der Waals surface area (Å²) in [6, 6.07) is 5.98. The van der Waals surface area contributed by atoms with E-state index >= 15 is 0 Å². The third-order valence-corrected chi connectivity index (χ3v) is 5.25. The van der Waals surface area contributed by atoms with E-state index in [0.717, 1.165) is 40.4 Å². The van der Waals surface area contributed by atoms with Gasteiger partial charge in [0.15, 0.2) is 5.13 Å². The molecule has 3 heterocycles. The van der Waals surface area contributed by atoms with Crippen LogP contribution in [0.2, 0.25) is 0 Å². The number of nitrogens with one attached hydrogen (secondary N) is 1. The molecule has 2 aliphatic rings. The second-order valence-electron chi connectivity index (χ2n) is 5.58. The molecule has 0 bridgehead atoms. The number of hydrogen-bond donors (Lipinski definition) is 1. The van der Waals surface area contributed by atoms with Gasteiger partial charge < -0.3 is 10.2 Å². The van der Waals surface area contributed by atoms with Crippen molar-refractivity contribution in [1.82, 2.24) is 10.3 Å². The minimum absolute atomic E-state index is 0.101. The first kappa shape index (κ1) is 10.9. The highest BCUT2D eigenvalue weighted by Gasteiger charge is 2.49. The predicted octanol–water partition coefficient (Wildman–Crippen LogP) is 2.53. The van der Waals surface area contributed by atoms with Crippen LogP contribution in [0.25, 0.3) is 10.2 Å². The predicted molar refractivity (Wildman–Crippen MR) is 80.8 cm³/mol. The molecule has 2 saturated heterocycles. The maximum Gasteiger partial charge on any atom is 0.232 e. The van der Waals surface area contributed by atoms with Gasteiger partial charge in [-0.2, -0.15) is 0 Å². The molecule has 2 aliphatic heterocycles. The van der Waals surface area contributed by atoms with Crippen molar-refractivity contribution in [2.75, 3.05) is 18.0 Å². The summed E-state index contributed by atoms with van der Waals surface area (Å²) in [5.41, 5.74) is 1.42. The molecule has 20 heavy (non-hydrogen) atoms. The lowest BCUT2D eigenvalue weighted by molar-refractivity contribution is -0.126. The molecule has 1 unspecified atom stereocenters. The van der Waals surface area contributed by atoms with E-state index < -0.39 is 0 Å². The molecule has 102 valence electrons. The second kappa shape index (κ2) is 4.06. The van der Waals surface area contributed by atoms with Crippen LogP contribution in [0.3, 0.4) is 0 Å². The molecule has 1 spiro atoms. The van der Waals surface area contributed by atoms with Gasteiger partial charge in [0.25, 0.3) is 0 Å². The van der Waals surface area contributed by atoms with E-state index in [0.29, 0.717) is 12.6 Å². The van der Waals surface area contributed by atoms with Gasteiger partial charge in [-0.05, 0) is 18.6 Å². The zero-order chi connectivity index (χ0) is 14.6. The van der Waals surface area contributed by atoms with Crippen LogP contribution in [0, 0.1) is 5.41 Å². The molecule has 0 radical (unpaired) electrons. The van der Waals surface area contributed by atoms with E-state index in [1.54, 1.807) is 17.4 Å². The second-order valence-corrected chi connectivity index (χ2v) is 6.59. The summed E-state index contributed by atoms with van der Waals surface area (Å²) in [5.74, 6) is 0.101. The Labute approximate surface area is 122 Å². The molecule has 4 rings (SSSR count). The summed E-state index contributed by atoms with van der Waals surface area (Å²) in [6.45, 7) is 5.42. The molecule has 1 atom stereocenters. The van der Waals surface area contributed by atoms with Crippen LogP contribution in [-0.4, -0.2) is 24.0 Å². The number of anilines is 1. The first-order chi connectivity index (χ1) is 10.1. The zero-order valence-electron chi connectivity index (χ0n) is 12.0. The van der Waals surface area contributed by atoms with Crippen molar-refractivity contribution in [1.29, 1.82) is 0 Å². The fraction of sp³-hybridized carbons (Fsp3) is 0.333. The number of carbonyl (C=O) groups excluding carboxylic acids is 1. The highest BCUT2D eigenvalue weighted by Crippen LogP contribution is 2.43. The Kier molecular flexibility index (Phi) is 2.20. The molecular weight excluding hydrogens is 270 g/mol. The number of amides is 1. The van der Waals surface area contributed by atoms with Gasteiger partial charge >= 0.3 is 0 Å². The lowest BCUT2D eigenvalue weighted by Gasteiger charge is -2.20. The van der Waals surface area contributed by atoms with E-state index in [1.807, 2.05) is 12.1 Å². The van der Waals surface area contributed by atoms with Crippen LogP contribution in [0.4, 0.5) is 5.13 Å². The topological polar surface area (TPSA) is 45.2 Å². The van der Waals surface area contributed by atoms with E-state index in [2.05, 4.69) is 21.8 Å². The molecule has 4 nitrogen and oxygen atoms in total. The summed E-state index contributed by atoms with van der Waals surface area (Å²) < 4.78 is 8.70. The van der Waals surface area contributed by atoms with Gasteiger partial charge in [0.1, 0.15) is 0 Å².